The van der Waals surface area contributed by atoms with Crippen LogP contribution in [-0.2, 0) is 12.2 Å². The molecule has 0 saturated heterocycles. The Hall–Kier alpha value is -1.40. The minimum Gasteiger partial charge on any atom is -0.339 e. The van der Waals surface area contributed by atoms with Crippen LogP contribution in [0.3, 0.4) is 0 Å². The highest BCUT2D eigenvalue weighted by Gasteiger charge is 2.11. The molecule has 108 valence electrons. The molecule has 0 saturated carbocycles. The van der Waals surface area contributed by atoms with E-state index in [2.05, 4.69) is 29.3 Å². The van der Waals surface area contributed by atoms with Crippen molar-refractivity contribution < 1.29 is 8.91 Å². The van der Waals surface area contributed by atoms with Gasteiger partial charge in [0.15, 0.2) is 5.82 Å². The fourth-order valence-electron chi connectivity index (χ4n) is 1.82. The Morgan fingerprint density at radius 3 is 2.95 bits per heavy atom. The summed E-state index contributed by atoms with van der Waals surface area (Å²) >= 11 is 1.37. The number of nitrogens with zero attached hydrogens (tertiary/aromatic N) is 2. The molecule has 0 amide bonds. The van der Waals surface area contributed by atoms with Crippen molar-refractivity contribution in [2.24, 2.45) is 0 Å². The second-order valence-corrected chi connectivity index (χ2v) is 5.50. The predicted molar refractivity (Wildman–Crippen MR) is 77.1 cm³/mol. The van der Waals surface area contributed by atoms with Crippen LogP contribution in [-0.4, -0.2) is 22.7 Å². The van der Waals surface area contributed by atoms with Gasteiger partial charge in [-0.15, -0.1) is 11.8 Å². The molecule has 1 aromatic carbocycles. The van der Waals surface area contributed by atoms with Gasteiger partial charge < -0.3 is 9.84 Å². The monoisotopic (exact) mass is 295 g/mol. The maximum Gasteiger partial charge on any atom is 0.228 e. The van der Waals surface area contributed by atoms with Crippen molar-refractivity contribution in [2.45, 2.75) is 37.0 Å². The molecule has 0 aliphatic heterocycles. The summed E-state index contributed by atoms with van der Waals surface area (Å²) in [6.07, 6.45) is 0.700. The highest BCUT2D eigenvalue weighted by Crippen LogP contribution is 2.24. The van der Waals surface area contributed by atoms with Crippen molar-refractivity contribution in [1.82, 2.24) is 15.5 Å². The summed E-state index contributed by atoms with van der Waals surface area (Å²) in [6, 6.07) is 6.97. The second-order valence-electron chi connectivity index (χ2n) is 4.49. The molecule has 6 heteroatoms. The van der Waals surface area contributed by atoms with Gasteiger partial charge in [-0.1, -0.05) is 24.2 Å². The van der Waals surface area contributed by atoms with Crippen molar-refractivity contribution in [3.8, 4) is 0 Å². The molecule has 2 rings (SSSR count). The summed E-state index contributed by atoms with van der Waals surface area (Å²) in [5, 5.41) is 7.20. The first-order valence-electron chi connectivity index (χ1n) is 6.61. The Kier molecular flexibility index (Phi) is 5.55. The van der Waals surface area contributed by atoms with E-state index in [-0.39, 0.29) is 5.82 Å². The van der Waals surface area contributed by atoms with E-state index >= 15 is 0 Å². The number of nitrogens with one attached hydrogen (secondary N) is 1. The van der Waals surface area contributed by atoms with Crippen molar-refractivity contribution >= 4 is 11.8 Å². The van der Waals surface area contributed by atoms with Crippen LogP contribution < -0.4 is 5.32 Å². The van der Waals surface area contributed by atoms with Gasteiger partial charge in [0.1, 0.15) is 5.82 Å². The van der Waals surface area contributed by atoms with Gasteiger partial charge in [-0.2, -0.15) is 4.98 Å². The van der Waals surface area contributed by atoms with E-state index in [0.29, 0.717) is 34.8 Å². The zero-order valence-corrected chi connectivity index (χ0v) is 12.4. The Balaban J connectivity index is 1.88. The van der Waals surface area contributed by atoms with E-state index in [0.717, 1.165) is 6.54 Å². The summed E-state index contributed by atoms with van der Waals surface area (Å²) in [5.41, 5.74) is 0. The van der Waals surface area contributed by atoms with Crippen LogP contribution in [0.15, 0.2) is 33.7 Å². The summed E-state index contributed by atoms with van der Waals surface area (Å²) < 4.78 is 18.7. The standard InChI is InChI=1S/C14H18FN3OS/c1-3-16-10(2)8-14-17-13(18-19-14)9-20-12-7-5-4-6-11(12)15/h4-7,10,16H,3,8-9H2,1-2H3. The summed E-state index contributed by atoms with van der Waals surface area (Å²) in [5.74, 6) is 1.49. The van der Waals surface area contributed by atoms with E-state index in [1.807, 2.05) is 6.07 Å². The molecule has 2 aromatic rings. The fourth-order valence-corrected chi connectivity index (χ4v) is 2.60. The lowest BCUT2D eigenvalue weighted by Crippen LogP contribution is -2.27. The molecular weight excluding hydrogens is 277 g/mol. The largest absolute Gasteiger partial charge is 0.339 e. The SMILES string of the molecule is CCNC(C)Cc1nc(CSc2ccccc2F)no1. The molecule has 1 atom stereocenters. The normalized spacial score (nSPS) is 12.6. The number of halogens is 1. The van der Waals surface area contributed by atoms with Crippen LogP contribution in [0.2, 0.25) is 0 Å². The van der Waals surface area contributed by atoms with Crippen molar-refractivity contribution in [3.63, 3.8) is 0 Å². The Bertz CT molecular complexity index is 547. The van der Waals surface area contributed by atoms with E-state index in [9.17, 15) is 4.39 Å². The quantitative estimate of drug-likeness (QED) is 0.796. The first kappa shape index (κ1) is 15.0. The molecule has 0 radical (unpaired) electrons. The molecule has 1 aromatic heterocycles. The highest BCUT2D eigenvalue weighted by atomic mass is 32.2. The number of benzene rings is 1. The molecular formula is C14H18FN3OS. The van der Waals surface area contributed by atoms with Gasteiger partial charge in [-0.05, 0) is 25.6 Å². The number of hydrogen-bond acceptors (Lipinski definition) is 5. The molecule has 0 fully saturated rings. The molecule has 0 aliphatic carbocycles. The zero-order chi connectivity index (χ0) is 14.4. The molecule has 1 N–H and O–H groups in total. The van der Waals surface area contributed by atoms with Gasteiger partial charge in [0.05, 0.1) is 5.75 Å². The molecule has 1 heterocycles. The number of thioether (sulfide) groups is 1. The number of aromatic nitrogens is 2. The van der Waals surface area contributed by atoms with Crippen LogP contribution in [0.1, 0.15) is 25.6 Å². The fraction of sp³-hybridized carbons (Fsp3) is 0.429. The van der Waals surface area contributed by atoms with Crippen LogP contribution >= 0.6 is 11.8 Å². The van der Waals surface area contributed by atoms with Gasteiger partial charge in [0, 0.05) is 17.4 Å². The summed E-state index contributed by atoms with van der Waals surface area (Å²) in [4.78, 5) is 4.91. The predicted octanol–water partition coefficient (Wildman–Crippen LogP) is 3.04. The topological polar surface area (TPSA) is 51.0 Å². The second kappa shape index (κ2) is 7.40. The third-order valence-corrected chi connectivity index (χ3v) is 3.78. The van der Waals surface area contributed by atoms with Gasteiger partial charge >= 0.3 is 0 Å². The van der Waals surface area contributed by atoms with E-state index in [1.54, 1.807) is 12.1 Å². The third kappa shape index (κ3) is 4.31. The van der Waals surface area contributed by atoms with Crippen LogP contribution in [0.25, 0.3) is 0 Å². The van der Waals surface area contributed by atoms with Gasteiger partial charge in [-0.25, -0.2) is 4.39 Å². The lowest BCUT2D eigenvalue weighted by molar-refractivity contribution is 0.359. The van der Waals surface area contributed by atoms with E-state index in [1.165, 1.54) is 17.8 Å². The molecule has 4 nitrogen and oxygen atoms in total. The first-order chi connectivity index (χ1) is 9.69. The first-order valence-corrected chi connectivity index (χ1v) is 7.59. The van der Waals surface area contributed by atoms with Gasteiger partial charge in [0.2, 0.25) is 5.89 Å². The van der Waals surface area contributed by atoms with Crippen molar-refractivity contribution in [3.05, 3.63) is 41.8 Å². The smallest absolute Gasteiger partial charge is 0.228 e. The molecule has 1 unspecified atom stereocenters. The number of likely N-dealkylation sites (N-methyl/N-ethyl adjacent to an activating group) is 1. The van der Waals surface area contributed by atoms with E-state index in [4.69, 9.17) is 4.52 Å². The summed E-state index contributed by atoms with van der Waals surface area (Å²) in [7, 11) is 0. The zero-order valence-electron chi connectivity index (χ0n) is 11.6. The van der Waals surface area contributed by atoms with Crippen molar-refractivity contribution in [1.29, 1.82) is 0 Å². The minimum atomic E-state index is -0.220. The molecule has 0 spiro atoms. The number of rotatable bonds is 7. The average Bonchev–Trinajstić information content (AvgIpc) is 2.85. The molecule has 0 aliphatic rings. The number of hydrogen-bond donors (Lipinski definition) is 1. The van der Waals surface area contributed by atoms with Crippen LogP contribution in [0.5, 0.6) is 0 Å². The highest BCUT2D eigenvalue weighted by molar-refractivity contribution is 7.98. The summed E-state index contributed by atoms with van der Waals surface area (Å²) in [6.45, 7) is 5.04. The Morgan fingerprint density at radius 1 is 1.40 bits per heavy atom. The lowest BCUT2D eigenvalue weighted by atomic mass is 10.2. The Labute approximate surface area is 122 Å². The minimum absolute atomic E-state index is 0.220. The Morgan fingerprint density at radius 2 is 2.20 bits per heavy atom. The van der Waals surface area contributed by atoms with Crippen LogP contribution in [0, 0.1) is 5.82 Å². The van der Waals surface area contributed by atoms with Gasteiger partial charge in [0.25, 0.3) is 0 Å². The van der Waals surface area contributed by atoms with Crippen molar-refractivity contribution in [2.75, 3.05) is 6.54 Å². The maximum atomic E-state index is 13.5. The maximum absolute atomic E-state index is 13.5. The van der Waals surface area contributed by atoms with E-state index < -0.39 is 0 Å². The molecule has 0 bridgehead atoms. The molecule has 20 heavy (non-hydrogen) atoms. The third-order valence-electron chi connectivity index (χ3n) is 2.74. The average molecular weight is 295 g/mol. The van der Waals surface area contributed by atoms with Crippen LogP contribution in [0.4, 0.5) is 4.39 Å². The lowest BCUT2D eigenvalue weighted by Gasteiger charge is -2.07. The van der Waals surface area contributed by atoms with Gasteiger partial charge in [-0.3, -0.25) is 0 Å².